The Kier molecular flexibility index (Phi) is 8.21. The number of sulfonamides is 1. The van der Waals surface area contributed by atoms with Gasteiger partial charge in [-0.25, -0.2) is 12.8 Å². The first-order chi connectivity index (χ1) is 16.5. The quantitative estimate of drug-likeness (QED) is 0.530. The lowest BCUT2D eigenvalue weighted by Crippen LogP contribution is -2.51. The highest BCUT2D eigenvalue weighted by Crippen LogP contribution is 2.36. The first-order valence-electron chi connectivity index (χ1n) is 11.1. The van der Waals surface area contributed by atoms with Crippen LogP contribution in [0.3, 0.4) is 0 Å². The number of nitrogens with zero attached hydrogens (tertiary/aromatic N) is 2. The highest BCUT2D eigenvalue weighted by molar-refractivity contribution is 7.92. The summed E-state index contributed by atoms with van der Waals surface area (Å²) in [5.74, 6) is -0.608. The number of fused-ring (bicyclic) bond motifs is 1. The summed E-state index contributed by atoms with van der Waals surface area (Å²) in [6.45, 7) is 5.01. The van der Waals surface area contributed by atoms with E-state index in [0.717, 1.165) is 10.6 Å². The number of hydrogen-bond donors (Lipinski definition) is 1. The van der Waals surface area contributed by atoms with E-state index in [9.17, 15) is 22.4 Å². The molecule has 0 saturated heterocycles. The lowest BCUT2D eigenvalue weighted by atomic mass is 10.1. The molecule has 0 spiro atoms. The van der Waals surface area contributed by atoms with Gasteiger partial charge in [0.05, 0.1) is 11.9 Å². The van der Waals surface area contributed by atoms with Crippen LogP contribution in [0.25, 0.3) is 0 Å². The van der Waals surface area contributed by atoms with E-state index in [0.29, 0.717) is 18.0 Å². The molecule has 1 N–H and O–H groups in total. The molecule has 0 fully saturated rings. The average Bonchev–Trinajstić information content (AvgIpc) is 3.27. The molecule has 0 aliphatic carbocycles. The minimum absolute atomic E-state index is 0.00993. The van der Waals surface area contributed by atoms with Crippen molar-refractivity contribution in [3.8, 4) is 11.5 Å². The molecule has 0 aromatic heterocycles. The molecule has 11 heteroatoms. The molecule has 3 rings (SSSR count). The van der Waals surface area contributed by atoms with Gasteiger partial charge in [0.25, 0.3) is 0 Å². The summed E-state index contributed by atoms with van der Waals surface area (Å²) in [7, 11) is -3.90. The maximum atomic E-state index is 14.4. The second kappa shape index (κ2) is 10.9. The fraction of sp³-hybridized carbons (Fsp3) is 0.417. The van der Waals surface area contributed by atoms with Gasteiger partial charge in [-0.2, -0.15) is 0 Å². The summed E-state index contributed by atoms with van der Waals surface area (Å²) in [5, 5.41) is 2.77. The van der Waals surface area contributed by atoms with Crippen molar-refractivity contribution in [3.05, 3.63) is 53.8 Å². The molecule has 0 saturated carbocycles. The fourth-order valence-electron chi connectivity index (χ4n) is 3.50. The van der Waals surface area contributed by atoms with Gasteiger partial charge in [0.15, 0.2) is 11.5 Å². The Morgan fingerprint density at radius 3 is 2.43 bits per heavy atom. The van der Waals surface area contributed by atoms with E-state index >= 15 is 0 Å². The van der Waals surface area contributed by atoms with Crippen LogP contribution < -0.4 is 19.1 Å². The van der Waals surface area contributed by atoms with Gasteiger partial charge in [-0.15, -0.1) is 0 Å². The highest BCUT2D eigenvalue weighted by Gasteiger charge is 2.31. The predicted molar refractivity (Wildman–Crippen MR) is 129 cm³/mol. The van der Waals surface area contributed by atoms with Crippen LogP contribution in [0, 0.1) is 11.7 Å². The molecule has 0 bridgehead atoms. The number of amides is 2. The van der Waals surface area contributed by atoms with Crippen LogP contribution >= 0.6 is 0 Å². The third-order valence-electron chi connectivity index (χ3n) is 5.47. The van der Waals surface area contributed by atoms with E-state index in [-0.39, 0.29) is 30.5 Å². The van der Waals surface area contributed by atoms with Crippen molar-refractivity contribution in [2.45, 2.75) is 33.4 Å². The average molecular weight is 508 g/mol. The zero-order valence-corrected chi connectivity index (χ0v) is 21.0. The summed E-state index contributed by atoms with van der Waals surface area (Å²) in [4.78, 5) is 27.4. The number of halogens is 1. The van der Waals surface area contributed by atoms with Crippen LogP contribution in [0.5, 0.6) is 11.5 Å². The fourth-order valence-corrected chi connectivity index (χ4v) is 4.34. The smallest absolute Gasteiger partial charge is 0.244 e. The van der Waals surface area contributed by atoms with E-state index in [1.807, 2.05) is 13.8 Å². The molecular weight excluding hydrogens is 477 g/mol. The topological polar surface area (TPSA) is 105 Å². The zero-order valence-electron chi connectivity index (χ0n) is 20.2. The largest absolute Gasteiger partial charge is 0.454 e. The SMILES string of the molecule is CC(C)CNC(=O)C(C)N(Cc1ccccc1F)C(=O)CN(c1ccc2c(c1)OCO2)S(C)(=O)=O. The number of ether oxygens (including phenoxy) is 2. The van der Waals surface area contributed by atoms with Gasteiger partial charge in [0.2, 0.25) is 28.6 Å². The monoisotopic (exact) mass is 507 g/mol. The number of benzene rings is 2. The number of carbonyl (C=O) groups excluding carboxylic acids is 2. The third kappa shape index (κ3) is 6.62. The van der Waals surface area contributed by atoms with Gasteiger partial charge in [0, 0.05) is 24.7 Å². The molecule has 9 nitrogen and oxygen atoms in total. The second-order valence-corrected chi connectivity index (χ2v) is 10.6. The Hall–Kier alpha value is -3.34. The van der Waals surface area contributed by atoms with Gasteiger partial charge in [-0.05, 0) is 31.0 Å². The molecule has 190 valence electrons. The maximum Gasteiger partial charge on any atom is 0.244 e. The van der Waals surface area contributed by atoms with Gasteiger partial charge in [-0.1, -0.05) is 32.0 Å². The Morgan fingerprint density at radius 2 is 1.77 bits per heavy atom. The number of hydrogen-bond acceptors (Lipinski definition) is 6. The van der Waals surface area contributed by atoms with Crippen molar-refractivity contribution in [3.63, 3.8) is 0 Å². The van der Waals surface area contributed by atoms with Crippen LogP contribution in [0.2, 0.25) is 0 Å². The molecule has 1 aliphatic rings. The van der Waals surface area contributed by atoms with E-state index in [1.165, 1.54) is 42.2 Å². The van der Waals surface area contributed by atoms with E-state index in [1.54, 1.807) is 12.1 Å². The normalized spacial score (nSPS) is 13.4. The van der Waals surface area contributed by atoms with Crippen LogP contribution in [0.4, 0.5) is 10.1 Å². The lowest BCUT2D eigenvalue weighted by molar-refractivity contribution is -0.139. The van der Waals surface area contributed by atoms with Crippen LogP contribution in [0.15, 0.2) is 42.5 Å². The Morgan fingerprint density at radius 1 is 1.09 bits per heavy atom. The minimum atomic E-state index is -3.90. The van der Waals surface area contributed by atoms with E-state index in [2.05, 4.69) is 5.32 Å². The second-order valence-electron chi connectivity index (χ2n) is 8.74. The number of carbonyl (C=O) groups is 2. The van der Waals surface area contributed by atoms with Crippen molar-refractivity contribution in [2.75, 3.05) is 30.4 Å². The maximum absolute atomic E-state index is 14.4. The first kappa shape index (κ1) is 26.3. The van der Waals surface area contributed by atoms with Crippen molar-refractivity contribution in [1.29, 1.82) is 0 Å². The first-order valence-corrected chi connectivity index (χ1v) is 13.0. The van der Waals surface area contributed by atoms with Crippen molar-refractivity contribution < 1.29 is 31.9 Å². The molecule has 1 unspecified atom stereocenters. The van der Waals surface area contributed by atoms with Gasteiger partial charge < -0.3 is 19.7 Å². The molecule has 2 amide bonds. The molecule has 1 aliphatic heterocycles. The Balaban J connectivity index is 1.90. The standard InChI is InChI=1S/C24H30FN3O6S/c1-16(2)12-26-24(30)17(3)27(13-18-7-5-6-8-20(18)25)23(29)14-28(35(4,31)32)19-9-10-21-22(11-19)34-15-33-21/h5-11,16-17H,12-15H2,1-4H3,(H,26,30). The zero-order chi connectivity index (χ0) is 25.8. The molecule has 2 aromatic rings. The third-order valence-corrected chi connectivity index (χ3v) is 6.61. The Bertz CT molecular complexity index is 1190. The molecule has 1 heterocycles. The Labute approximate surface area is 204 Å². The summed E-state index contributed by atoms with van der Waals surface area (Å²) in [6.07, 6.45) is 0.977. The molecule has 1 atom stereocenters. The predicted octanol–water partition coefficient (Wildman–Crippen LogP) is 2.51. The molecule has 0 radical (unpaired) electrons. The van der Waals surface area contributed by atoms with Gasteiger partial charge >= 0.3 is 0 Å². The summed E-state index contributed by atoms with van der Waals surface area (Å²) in [5.41, 5.74) is 0.409. The molecular formula is C24H30FN3O6S. The lowest BCUT2D eigenvalue weighted by Gasteiger charge is -2.31. The summed E-state index contributed by atoms with van der Waals surface area (Å²) in [6, 6.07) is 9.48. The highest BCUT2D eigenvalue weighted by atomic mass is 32.2. The van der Waals surface area contributed by atoms with Gasteiger partial charge in [-0.3, -0.25) is 13.9 Å². The number of rotatable bonds is 10. The van der Waals surface area contributed by atoms with Crippen molar-refractivity contribution in [2.24, 2.45) is 5.92 Å². The van der Waals surface area contributed by atoms with Crippen molar-refractivity contribution in [1.82, 2.24) is 10.2 Å². The summed E-state index contributed by atoms with van der Waals surface area (Å²) < 4.78 is 51.2. The number of anilines is 1. The van der Waals surface area contributed by atoms with E-state index in [4.69, 9.17) is 9.47 Å². The minimum Gasteiger partial charge on any atom is -0.454 e. The van der Waals surface area contributed by atoms with Crippen molar-refractivity contribution >= 4 is 27.5 Å². The molecule has 35 heavy (non-hydrogen) atoms. The van der Waals surface area contributed by atoms with Crippen LogP contribution in [0.1, 0.15) is 26.3 Å². The van der Waals surface area contributed by atoms with Gasteiger partial charge in [0.1, 0.15) is 18.4 Å². The van der Waals surface area contributed by atoms with Crippen LogP contribution in [-0.4, -0.2) is 57.3 Å². The van der Waals surface area contributed by atoms with Crippen LogP contribution in [-0.2, 0) is 26.2 Å². The van der Waals surface area contributed by atoms with E-state index < -0.39 is 40.2 Å². The number of nitrogens with one attached hydrogen (secondary N) is 1. The molecule has 2 aromatic carbocycles. The summed E-state index contributed by atoms with van der Waals surface area (Å²) >= 11 is 0.